The third kappa shape index (κ3) is 5.22. The van der Waals surface area contributed by atoms with E-state index in [2.05, 4.69) is 143 Å². The highest BCUT2D eigenvalue weighted by Gasteiger charge is 2.45. The van der Waals surface area contributed by atoms with E-state index in [4.69, 9.17) is 12.2 Å². The number of nitrogens with zero attached hydrogens (tertiary/aromatic N) is 4. The van der Waals surface area contributed by atoms with Gasteiger partial charge in [-0.15, -0.1) is 0 Å². The topological polar surface area (TPSA) is 47.1 Å². The van der Waals surface area contributed by atoms with E-state index in [0.717, 1.165) is 24.0 Å². The second kappa shape index (κ2) is 13.1. The van der Waals surface area contributed by atoms with Gasteiger partial charge in [-0.05, 0) is 113 Å². The summed E-state index contributed by atoms with van der Waals surface area (Å²) in [6.07, 6.45) is 9.15. The molecule has 4 aromatic rings. The molecule has 6 nitrogen and oxygen atoms in total. The standard InChI is InChI=1S/C47H50N4O2S/c1-9-50-43(52)40(44(53)51(10-2)45(50)54)39-31(23-27-37-46(3,4)41-33-17-13-11-15-29(33)21-25-35(41)48(37)7)19-20-32(39)24-28-38-47(5,6)42-34-18-14-12-16-30(34)22-26-36(42)49(38)8/h11-18,21-23,25-28,32H,9-10,19-20,24H2,1-8H3/b31-23+,37-27+,38-28+. The van der Waals surface area contributed by atoms with E-state index in [-0.39, 0.29) is 34.1 Å². The van der Waals surface area contributed by atoms with Crippen molar-refractivity contribution < 1.29 is 9.59 Å². The summed E-state index contributed by atoms with van der Waals surface area (Å²) in [6, 6.07) is 26.1. The van der Waals surface area contributed by atoms with Crippen LogP contribution in [-0.2, 0) is 20.4 Å². The summed E-state index contributed by atoms with van der Waals surface area (Å²) in [5.41, 5.74) is 9.25. The van der Waals surface area contributed by atoms with Crippen LogP contribution >= 0.6 is 12.2 Å². The molecule has 2 amide bonds. The fraction of sp³-hybridized carbons (Fsp3) is 0.340. The molecule has 0 bridgehead atoms. The number of thiocarbonyl (C=S) groups is 1. The van der Waals surface area contributed by atoms with E-state index in [0.29, 0.717) is 24.6 Å². The maximum Gasteiger partial charge on any atom is 0.265 e. The minimum Gasteiger partial charge on any atom is -0.347 e. The molecule has 1 saturated heterocycles. The molecular weight excluding hydrogens is 685 g/mol. The maximum atomic E-state index is 14.4. The zero-order valence-corrected chi connectivity index (χ0v) is 33.6. The molecule has 1 aliphatic carbocycles. The number of anilines is 2. The van der Waals surface area contributed by atoms with Crippen molar-refractivity contribution in [2.75, 3.05) is 37.0 Å². The Morgan fingerprint density at radius 1 is 0.704 bits per heavy atom. The second-order valence-electron chi connectivity index (χ2n) is 16.2. The van der Waals surface area contributed by atoms with E-state index in [1.807, 2.05) is 13.8 Å². The van der Waals surface area contributed by atoms with Gasteiger partial charge in [-0.2, -0.15) is 0 Å². The van der Waals surface area contributed by atoms with Crippen LogP contribution in [0.25, 0.3) is 21.5 Å². The molecule has 0 spiro atoms. The highest BCUT2D eigenvalue weighted by atomic mass is 32.1. The van der Waals surface area contributed by atoms with E-state index >= 15 is 0 Å². The quantitative estimate of drug-likeness (QED) is 0.116. The lowest BCUT2D eigenvalue weighted by Crippen LogP contribution is -2.56. The highest BCUT2D eigenvalue weighted by molar-refractivity contribution is 7.80. The number of carbonyl (C=O) groups is 2. The van der Waals surface area contributed by atoms with Crippen LogP contribution in [-0.4, -0.2) is 53.9 Å². The molecule has 0 aromatic heterocycles. The van der Waals surface area contributed by atoms with Crippen molar-refractivity contribution in [3.05, 3.63) is 130 Å². The van der Waals surface area contributed by atoms with Crippen LogP contribution in [0.3, 0.4) is 0 Å². The Morgan fingerprint density at radius 2 is 1.20 bits per heavy atom. The predicted octanol–water partition coefficient (Wildman–Crippen LogP) is 9.93. The molecule has 4 aromatic carbocycles. The molecule has 1 saturated carbocycles. The summed E-state index contributed by atoms with van der Waals surface area (Å²) < 4.78 is 0. The third-order valence-electron chi connectivity index (χ3n) is 12.6. The summed E-state index contributed by atoms with van der Waals surface area (Å²) >= 11 is 5.69. The Bertz CT molecular complexity index is 2380. The summed E-state index contributed by atoms with van der Waals surface area (Å²) in [6.45, 7) is 13.9. The Kier molecular flexibility index (Phi) is 8.72. The number of rotatable bonds is 5. The van der Waals surface area contributed by atoms with E-state index < -0.39 is 0 Å². The number of benzene rings is 4. The highest BCUT2D eigenvalue weighted by Crippen LogP contribution is 2.52. The van der Waals surface area contributed by atoms with Crippen molar-refractivity contribution in [3.8, 4) is 0 Å². The van der Waals surface area contributed by atoms with Crippen molar-refractivity contribution in [3.63, 3.8) is 0 Å². The first-order valence-electron chi connectivity index (χ1n) is 19.4. The van der Waals surface area contributed by atoms with Crippen molar-refractivity contribution in [1.82, 2.24) is 9.80 Å². The second-order valence-corrected chi connectivity index (χ2v) is 16.6. The number of fused-ring (bicyclic) bond motifs is 6. The molecule has 276 valence electrons. The number of carbonyl (C=O) groups excluding carboxylic acids is 2. The number of hydrogen-bond donors (Lipinski definition) is 0. The zero-order valence-electron chi connectivity index (χ0n) is 32.8. The lowest BCUT2D eigenvalue weighted by atomic mass is 9.80. The average Bonchev–Trinajstić information content (AvgIpc) is 3.70. The van der Waals surface area contributed by atoms with Gasteiger partial charge in [0, 0.05) is 60.8 Å². The van der Waals surface area contributed by atoms with Gasteiger partial charge in [-0.3, -0.25) is 19.4 Å². The van der Waals surface area contributed by atoms with Crippen LogP contribution in [0.4, 0.5) is 11.4 Å². The van der Waals surface area contributed by atoms with E-state index in [9.17, 15) is 9.59 Å². The zero-order chi connectivity index (χ0) is 38.3. The minimum absolute atomic E-state index is 0.00533. The van der Waals surface area contributed by atoms with E-state index in [1.54, 1.807) is 9.80 Å². The fourth-order valence-corrected chi connectivity index (χ4v) is 10.4. The minimum atomic E-state index is -0.278. The third-order valence-corrected chi connectivity index (χ3v) is 13.1. The molecule has 3 aliphatic heterocycles. The van der Waals surface area contributed by atoms with Crippen molar-refractivity contribution in [2.24, 2.45) is 5.92 Å². The molecular formula is C47H50N4O2S. The summed E-state index contributed by atoms with van der Waals surface area (Å²) in [4.78, 5) is 36.5. The normalized spacial score (nSPS) is 23.0. The molecule has 0 radical (unpaired) electrons. The Hall–Kier alpha value is -5.01. The lowest BCUT2D eigenvalue weighted by Gasteiger charge is -2.36. The first-order chi connectivity index (χ1) is 25.8. The molecule has 1 unspecified atom stereocenters. The Balaban J connectivity index is 1.23. The molecule has 54 heavy (non-hydrogen) atoms. The van der Waals surface area contributed by atoms with Crippen molar-refractivity contribution in [2.45, 2.75) is 71.6 Å². The van der Waals surface area contributed by atoms with Gasteiger partial charge in [0.25, 0.3) is 11.8 Å². The summed E-state index contributed by atoms with van der Waals surface area (Å²) in [5.74, 6) is -0.561. The smallest absolute Gasteiger partial charge is 0.265 e. The Labute approximate surface area is 325 Å². The van der Waals surface area contributed by atoms with Gasteiger partial charge < -0.3 is 9.80 Å². The van der Waals surface area contributed by atoms with Gasteiger partial charge in [0.15, 0.2) is 5.11 Å². The van der Waals surface area contributed by atoms with Gasteiger partial charge in [0.2, 0.25) is 0 Å². The molecule has 3 heterocycles. The maximum absolute atomic E-state index is 14.4. The van der Waals surface area contributed by atoms with Crippen LogP contribution in [0.2, 0.25) is 0 Å². The molecule has 1 atom stereocenters. The van der Waals surface area contributed by atoms with Crippen molar-refractivity contribution in [1.29, 1.82) is 0 Å². The number of likely N-dealkylation sites (N-methyl/N-ethyl adjacent to an activating group) is 4. The molecule has 8 rings (SSSR count). The summed E-state index contributed by atoms with van der Waals surface area (Å²) in [7, 11) is 4.30. The SMILES string of the molecule is CCN1C(=O)C(=C2/C(=C/C=C3/N(C)c4ccc5ccccc5c4C3(C)C)CCC2C/C=C2/N(C)c3ccc4ccccc4c3C2(C)C)C(=O)N(CC)C1=S. The molecule has 2 fully saturated rings. The molecule has 7 heteroatoms. The Morgan fingerprint density at radius 3 is 1.74 bits per heavy atom. The van der Waals surface area contributed by atoms with Crippen LogP contribution in [0.5, 0.6) is 0 Å². The first-order valence-corrected chi connectivity index (χ1v) is 19.8. The lowest BCUT2D eigenvalue weighted by molar-refractivity contribution is -0.133. The monoisotopic (exact) mass is 734 g/mol. The van der Waals surface area contributed by atoms with Crippen molar-refractivity contribution >= 4 is 62.1 Å². The average molecular weight is 735 g/mol. The largest absolute Gasteiger partial charge is 0.347 e. The summed E-state index contributed by atoms with van der Waals surface area (Å²) in [5, 5.41) is 5.32. The number of amides is 2. The van der Waals surface area contributed by atoms with Gasteiger partial charge in [0.05, 0.1) is 0 Å². The molecule has 4 aliphatic rings. The van der Waals surface area contributed by atoms with Gasteiger partial charge in [-0.25, -0.2) is 0 Å². The van der Waals surface area contributed by atoms with Gasteiger partial charge in [-0.1, -0.05) is 101 Å². The fourth-order valence-electron chi connectivity index (χ4n) is 10.0. The van der Waals surface area contributed by atoms with Crippen LogP contribution < -0.4 is 9.80 Å². The van der Waals surface area contributed by atoms with Crippen LogP contribution in [0, 0.1) is 5.92 Å². The number of hydrogen-bond acceptors (Lipinski definition) is 5. The molecule has 0 N–H and O–H groups in total. The van der Waals surface area contributed by atoms with Gasteiger partial charge in [0.1, 0.15) is 5.57 Å². The predicted molar refractivity (Wildman–Crippen MR) is 227 cm³/mol. The number of allylic oxidation sites excluding steroid dienone is 7. The van der Waals surface area contributed by atoms with Crippen LogP contribution in [0.1, 0.15) is 71.9 Å². The van der Waals surface area contributed by atoms with Crippen LogP contribution in [0.15, 0.2) is 119 Å². The van der Waals surface area contributed by atoms with E-state index in [1.165, 1.54) is 55.4 Å². The van der Waals surface area contributed by atoms with Gasteiger partial charge >= 0.3 is 0 Å². The first kappa shape index (κ1) is 36.0.